The van der Waals surface area contributed by atoms with Crippen molar-refractivity contribution in [3.63, 3.8) is 0 Å². The average molecular weight is 570 g/mol. The Morgan fingerprint density at radius 3 is 1.48 bits per heavy atom. The molecule has 0 spiro atoms. The van der Waals surface area contributed by atoms with Crippen molar-refractivity contribution in [3.8, 4) is 33.5 Å². The predicted octanol–water partition coefficient (Wildman–Crippen LogP) is 12.1. The van der Waals surface area contributed by atoms with Crippen molar-refractivity contribution in [2.45, 2.75) is 52.4 Å². The Balaban J connectivity index is 1.44. The molecule has 0 radical (unpaired) electrons. The maximum atomic E-state index is 4.93. The number of fused-ring (bicyclic) bond motifs is 6. The van der Waals surface area contributed by atoms with Crippen LogP contribution in [0.15, 0.2) is 128 Å². The van der Waals surface area contributed by atoms with Gasteiger partial charge in [0, 0.05) is 11.8 Å². The zero-order chi connectivity index (χ0) is 30.6. The first-order valence-corrected chi connectivity index (χ1v) is 15.6. The fraction of sp³-hybridized carbons (Fsp3) is 0.186. The molecule has 44 heavy (non-hydrogen) atoms. The van der Waals surface area contributed by atoms with Crippen molar-refractivity contribution in [1.82, 2.24) is 4.98 Å². The van der Waals surface area contributed by atoms with Gasteiger partial charge in [-0.25, -0.2) is 0 Å². The first kappa shape index (κ1) is 28.0. The summed E-state index contributed by atoms with van der Waals surface area (Å²) in [5.41, 5.74) is 9.67. The van der Waals surface area contributed by atoms with E-state index in [9.17, 15) is 0 Å². The second-order valence-corrected chi connectivity index (χ2v) is 14.1. The van der Waals surface area contributed by atoms with Gasteiger partial charge in [0.15, 0.2) is 0 Å². The molecule has 0 saturated carbocycles. The number of benzene rings is 6. The lowest BCUT2D eigenvalue weighted by Crippen LogP contribution is -2.17. The summed E-state index contributed by atoms with van der Waals surface area (Å²) in [5.74, 6) is 0. The molecule has 0 atom stereocenters. The minimum absolute atomic E-state index is 0.0481. The van der Waals surface area contributed by atoms with Gasteiger partial charge in [-0.1, -0.05) is 151 Å². The van der Waals surface area contributed by atoms with Gasteiger partial charge < -0.3 is 0 Å². The molecule has 0 aliphatic heterocycles. The van der Waals surface area contributed by atoms with Crippen LogP contribution in [0.2, 0.25) is 0 Å². The lowest BCUT2D eigenvalue weighted by Gasteiger charge is -2.28. The zero-order valence-electron chi connectivity index (χ0n) is 26.6. The number of aromatic nitrogens is 1. The summed E-state index contributed by atoms with van der Waals surface area (Å²) in [7, 11) is 0. The van der Waals surface area contributed by atoms with Crippen LogP contribution in [-0.2, 0) is 10.8 Å². The average Bonchev–Trinajstić information content (AvgIpc) is 3.04. The van der Waals surface area contributed by atoms with Crippen LogP contribution in [0.3, 0.4) is 0 Å². The van der Waals surface area contributed by atoms with E-state index in [1.54, 1.807) is 0 Å². The maximum absolute atomic E-state index is 4.93. The van der Waals surface area contributed by atoms with Gasteiger partial charge in [0.25, 0.3) is 0 Å². The maximum Gasteiger partial charge on any atom is 0.0708 e. The molecule has 0 bridgehead atoms. The van der Waals surface area contributed by atoms with Crippen molar-refractivity contribution < 1.29 is 0 Å². The van der Waals surface area contributed by atoms with Gasteiger partial charge in [-0.15, -0.1) is 0 Å². The molecule has 1 aromatic heterocycles. The number of rotatable bonds is 3. The lowest BCUT2D eigenvalue weighted by molar-refractivity contribution is 0.583. The Labute approximate surface area is 261 Å². The van der Waals surface area contributed by atoms with Gasteiger partial charge >= 0.3 is 0 Å². The van der Waals surface area contributed by atoms with Crippen LogP contribution in [0.4, 0.5) is 0 Å². The van der Waals surface area contributed by atoms with Gasteiger partial charge in [0.05, 0.1) is 5.69 Å². The van der Waals surface area contributed by atoms with Crippen molar-refractivity contribution in [1.29, 1.82) is 0 Å². The Morgan fingerprint density at radius 2 is 0.886 bits per heavy atom. The van der Waals surface area contributed by atoms with Crippen LogP contribution in [0.1, 0.15) is 52.7 Å². The highest BCUT2D eigenvalue weighted by atomic mass is 14.7. The van der Waals surface area contributed by atoms with E-state index < -0.39 is 0 Å². The van der Waals surface area contributed by atoms with Crippen LogP contribution in [0.25, 0.3) is 65.8 Å². The smallest absolute Gasteiger partial charge is 0.0708 e. The van der Waals surface area contributed by atoms with E-state index >= 15 is 0 Å². The third-order valence-electron chi connectivity index (χ3n) is 8.98. The highest BCUT2D eigenvalue weighted by Crippen LogP contribution is 2.43. The Kier molecular flexibility index (Phi) is 6.66. The molecule has 6 aromatic carbocycles. The van der Waals surface area contributed by atoms with E-state index in [0.717, 1.165) is 11.3 Å². The Hall–Kier alpha value is -4.75. The van der Waals surface area contributed by atoms with Crippen LogP contribution >= 0.6 is 0 Å². The molecular formula is C43H39N. The van der Waals surface area contributed by atoms with Crippen molar-refractivity contribution in [2.75, 3.05) is 0 Å². The number of nitrogens with zero attached hydrogens (tertiary/aromatic N) is 1. The van der Waals surface area contributed by atoms with Crippen molar-refractivity contribution in [3.05, 3.63) is 139 Å². The number of hydrogen-bond donors (Lipinski definition) is 0. The first-order valence-electron chi connectivity index (χ1n) is 15.6. The molecular weight excluding hydrogens is 530 g/mol. The Morgan fingerprint density at radius 1 is 0.386 bits per heavy atom. The summed E-state index contributed by atoms with van der Waals surface area (Å²) in [5, 5.41) is 7.83. The van der Waals surface area contributed by atoms with Crippen molar-refractivity contribution >= 4 is 32.3 Å². The van der Waals surface area contributed by atoms with Gasteiger partial charge in [-0.2, -0.15) is 0 Å². The number of hydrogen-bond acceptors (Lipinski definition) is 1. The fourth-order valence-corrected chi connectivity index (χ4v) is 6.71. The third-order valence-corrected chi connectivity index (χ3v) is 8.98. The van der Waals surface area contributed by atoms with Gasteiger partial charge in [-0.3, -0.25) is 4.98 Å². The van der Waals surface area contributed by atoms with Gasteiger partial charge in [-0.05, 0) is 88.7 Å². The normalized spacial score (nSPS) is 12.3. The highest BCUT2D eigenvalue weighted by molar-refractivity contribution is 6.25. The van der Waals surface area contributed by atoms with E-state index in [1.165, 1.54) is 65.7 Å². The SMILES string of the molecule is CC(C)(C)c1cnc(-c2ccccc2)cc1-c1ccc(-c2ccc3c4ccccc4c4ccccc4c3c2)cc1C(C)(C)C. The number of pyridine rings is 1. The molecule has 0 unspecified atom stereocenters. The molecule has 0 N–H and O–H groups in total. The molecule has 1 nitrogen and oxygen atoms in total. The fourth-order valence-electron chi connectivity index (χ4n) is 6.71. The molecule has 0 fully saturated rings. The van der Waals surface area contributed by atoms with Crippen LogP contribution in [0, 0.1) is 0 Å². The monoisotopic (exact) mass is 569 g/mol. The molecule has 0 saturated heterocycles. The van der Waals surface area contributed by atoms with E-state index in [2.05, 4.69) is 169 Å². The standard InChI is InChI=1S/C43H39N/c1-42(2,3)39-25-30(21-23-36(39)38-26-41(28-14-8-7-9-15-28)44-27-40(38)43(4,5)6)29-20-22-35-33-18-11-10-16-31(33)32-17-12-13-19-34(32)37(35)24-29/h7-27H,1-6H3. The summed E-state index contributed by atoms with van der Waals surface area (Å²) in [6, 6.07) is 44.5. The Bertz CT molecular complexity index is 2140. The summed E-state index contributed by atoms with van der Waals surface area (Å²) in [4.78, 5) is 4.93. The molecule has 0 aliphatic rings. The lowest BCUT2D eigenvalue weighted by atomic mass is 9.76. The highest BCUT2D eigenvalue weighted by Gasteiger charge is 2.26. The van der Waals surface area contributed by atoms with E-state index in [1.807, 2.05) is 0 Å². The largest absolute Gasteiger partial charge is 0.256 e. The second kappa shape index (κ2) is 10.5. The zero-order valence-corrected chi connectivity index (χ0v) is 26.6. The molecule has 7 aromatic rings. The molecule has 1 heterocycles. The third kappa shape index (κ3) is 4.87. The van der Waals surface area contributed by atoms with Crippen LogP contribution < -0.4 is 0 Å². The molecule has 1 heteroatoms. The summed E-state index contributed by atoms with van der Waals surface area (Å²) >= 11 is 0. The summed E-state index contributed by atoms with van der Waals surface area (Å²) < 4.78 is 0. The van der Waals surface area contributed by atoms with Crippen LogP contribution in [-0.4, -0.2) is 4.98 Å². The summed E-state index contributed by atoms with van der Waals surface area (Å²) in [6.45, 7) is 13.8. The van der Waals surface area contributed by atoms with E-state index in [-0.39, 0.29) is 10.8 Å². The molecule has 7 rings (SSSR count). The minimum Gasteiger partial charge on any atom is -0.256 e. The van der Waals surface area contributed by atoms with Gasteiger partial charge in [0.1, 0.15) is 0 Å². The predicted molar refractivity (Wildman–Crippen MR) is 190 cm³/mol. The van der Waals surface area contributed by atoms with E-state index in [4.69, 9.17) is 4.98 Å². The quantitative estimate of drug-likeness (QED) is 0.193. The minimum atomic E-state index is -0.0591. The second-order valence-electron chi connectivity index (χ2n) is 14.1. The molecule has 0 amide bonds. The van der Waals surface area contributed by atoms with E-state index in [0.29, 0.717) is 0 Å². The van der Waals surface area contributed by atoms with Gasteiger partial charge in [0.2, 0.25) is 0 Å². The topological polar surface area (TPSA) is 12.9 Å². The van der Waals surface area contributed by atoms with Crippen LogP contribution in [0.5, 0.6) is 0 Å². The molecule has 216 valence electrons. The summed E-state index contributed by atoms with van der Waals surface area (Å²) in [6.07, 6.45) is 2.09. The molecule has 0 aliphatic carbocycles. The first-order chi connectivity index (χ1) is 21.1. The van der Waals surface area contributed by atoms with Crippen molar-refractivity contribution in [2.24, 2.45) is 0 Å².